The van der Waals surface area contributed by atoms with E-state index in [9.17, 15) is 24.6 Å². The Labute approximate surface area is 246 Å². The number of nitrogens with zero attached hydrogens (tertiary/aromatic N) is 3. The van der Waals surface area contributed by atoms with Crippen LogP contribution in [0.25, 0.3) is 0 Å². The van der Waals surface area contributed by atoms with E-state index < -0.39 is 10.8 Å². The van der Waals surface area contributed by atoms with Crippen molar-refractivity contribution in [3.63, 3.8) is 0 Å². The minimum Gasteiger partial charge on any atom is -0.384 e. The largest absolute Gasteiger partial charge is 0.384 e. The summed E-state index contributed by atoms with van der Waals surface area (Å²) in [6, 6.07) is 17.0. The second-order valence-corrected chi connectivity index (χ2v) is 11.5. The third kappa shape index (κ3) is 5.33. The van der Waals surface area contributed by atoms with Crippen molar-refractivity contribution >= 4 is 40.5 Å². The number of nitro benzene ring substituents is 1. The predicted molar refractivity (Wildman–Crippen MR) is 158 cm³/mol. The van der Waals surface area contributed by atoms with E-state index in [4.69, 9.17) is 17.3 Å². The molecule has 0 amide bonds. The average molecular weight is 589 g/mol. The number of Topliss-reactive ketones (excluding diaryl/α,β-unsaturated/α-hetero) is 1. The number of hydrogen-bond donors (Lipinski definition) is 1. The van der Waals surface area contributed by atoms with Crippen LogP contribution in [-0.2, 0) is 10.5 Å². The molecule has 5 rings (SSSR count). The molecular formula is C31H26ClFN4O3S. The molecule has 3 aromatic rings. The summed E-state index contributed by atoms with van der Waals surface area (Å²) in [7, 11) is 0. The van der Waals surface area contributed by atoms with Gasteiger partial charge in [-0.3, -0.25) is 19.8 Å². The van der Waals surface area contributed by atoms with Crippen molar-refractivity contribution in [1.29, 1.82) is 5.26 Å². The number of anilines is 1. The number of halogens is 2. The number of carbonyl (C=O) groups is 1. The summed E-state index contributed by atoms with van der Waals surface area (Å²) in [5.41, 5.74) is 11.9. The summed E-state index contributed by atoms with van der Waals surface area (Å²) in [5.74, 6) is -0.299. The summed E-state index contributed by atoms with van der Waals surface area (Å²) in [6.07, 6.45) is 1.45. The first-order valence-electron chi connectivity index (χ1n) is 13.0. The van der Waals surface area contributed by atoms with Crippen LogP contribution >= 0.6 is 23.4 Å². The van der Waals surface area contributed by atoms with Gasteiger partial charge in [-0.2, -0.15) is 5.26 Å². The van der Waals surface area contributed by atoms with Gasteiger partial charge in [0.05, 0.1) is 28.2 Å². The van der Waals surface area contributed by atoms with Gasteiger partial charge in [0.25, 0.3) is 5.69 Å². The van der Waals surface area contributed by atoms with Gasteiger partial charge in [-0.1, -0.05) is 29.3 Å². The quantitative estimate of drug-likeness (QED) is 0.179. The van der Waals surface area contributed by atoms with E-state index in [1.165, 1.54) is 24.3 Å². The average Bonchev–Trinajstić information content (AvgIpc) is 2.94. The number of allylic oxidation sites excluding steroid dienone is 3. The molecule has 3 aromatic carbocycles. The van der Waals surface area contributed by atoms with Gasteiger partial charge in [-0.05, 0) is 79.8 Å². The molecule has 1 heterocycles. The fourth-order valence-electron chi connectivity index (χ4n) is 5.58. The molecule has 2 aliphatic rings. The van der Waals surface area contributed by atoms with Crippen LogP contribution in [0.5, 0.6) is 0 Å². The fraction of sp³-hybridized carbons (Fsp3) is 0.226. The first-order valence-corrected chi connectivity index (χ1v) is 14.4. The van der Waals surface area contributed by atoms with E-state index in [0.29, 0.717) is 42.0 Å². The smallest absolute Gasteiger partial charge is 0.289 e. The summed E-state index contributed by atoms with van der Waals surface area (Å²) in [5, 5.41) is 22.0. The van der Waals surface area contributed by atoms with Gasteiger partial charge in [0.2, 0.25) is 0 Å². The zero-order chi connectivity index (χ0) is 29.4. The number of ketones is 1. The lowest BCUT2D eigenvalue weighted by atomic mass is 9.73. The molecular weight excluding hydrogens is 563 g/mol. The molecule has 1 aliphatic heterocycles. The van der Waals surface area contributed by atoms with Gasteiger partial charge in [0, 0.05) is 34.4 Å². The predicted octanol–water partition coefficient (Wildman–Crippen LogP) is 7.60. The van der Waals surface area contributed by atoms with Gasteiger partial charge >= 0.3 is 0 Å². The first-order chi connectivity index (χ1) is 19.6. The molecule has 2 N–H and O–H groups in total. The number of thioether (sulfide) groups is 1. The van der Waals surface area contributed by atoms with Crippen molar-refractivity contribution in [1.82, 2.24) is 0 Å². The standard InChI is InChI=1S/C31H26ClFN4O3S/c1-17-12-19(16-41-22-9-6-20(33)7-10-22)18(2)23(13-17)29-24(15-34)31(35)36(26-4-3-5-28(38)30(26)29)21-8-11-25(32)27(14-21)37(39)40/h6-14,29H,3-5,16,35H2,1-2H3. The van der Waals surface area contributed by atoms with Gasteiger partial charge in [-0.25, -0.2) is 4.39 Å². The molecule has 0 aromatic heterocycles. The first kappa shape index (κ1) is 28.4. The molecule has 208 valence electrons. The Balaban J connectivity index is 1.64. The maximum atomic E-state index is 13.6. The summed E-state index contributed by atoms with van der Waals surface area (Å²) >= 11 is 7.64. The molecule has 1 atom stereocenters. The maximum absolute atomic E-state index is 13.6. The zero-order valence-corrected chi connectivity index (χ0v) is 24.0. The van der Waals surface area contributed by atoms with Crippen molar-refractivity contribution in [2.45, 2.75) is 49.7 Å². The van der Waals surface area contributed by atoms with Crippen LogP contribution in [0.2, 0.25) is 5.02 Å². The van der Waals surface area contributed by atoms with Crippen LogP contribution < -0.4 is 10.6 Å². The van der Waals surface area contributed by atoms with Crippen LogP contribution in [0.4, 0.5) is 15.8 Å². The highest BCUT2D eigenvalue weighted by Crippen LogP contribution is 2.48. The molecule has 0 spiro atoms. The monoisotopic (exact) mass is 588 g/mol. The van der Waals surface area contributed by atoms with E-state index in [2.05, 4.69) is 12.1 Å². The number of nitriles is 1. The summed E-state index contributed by atoms with van der Waals surface area (Å²) in [4.78, 5) is 27.1. The Hall–Kier alpha value is -4.13. The van der Waals surface area contributed by atoms with Gasteiger partial charge < -0.3 is 5.73 Å². The van der Waals surface area contributed by atoms with E-state index in [-0.39, 0.29) is 33.7 Å². The molecule has 7 nitrogen and oxygen atoms in total. The summed E-state index contributed by atoms with van der Waals surface area (Å²) in [6.45, 7) is 3.94. The molecule has 0 fully saturated rings. The van der Waals surface area contributed by atoms with Gasteiger partial charge in [-0.15, -0.1) is 11.8 Å². The second-order valence-electron chi connectivity index (χ2n) is 10.1. The number of nitrogens with two attached hydrogens (primary N) is 1. The number of carbonyl (C=O) groups excluding carboxylic acids is 1. The second kappa shape index (κ2) is 11.4. The third-order valence-electron chi connectivity index (χ3n) is 7.52. The van der Waals surface area contributed by atoms with Crippen molar-refractivity contribution < 1.29 is 14.1 Å². The van der Waals surface area contributed by atoms with Crippen LogP contribution in [0, 0.1) is 41.1 Å². The number of aryl methyl sites for hydroxylation is 1. The van der Waals surface area contributed by atoms with E-state index in [1.54, 1.807) is 34.9 Å². The van der Waals surface area contributed by atoms with Crippen molar-refractivity contribution in [2.75, 3.05) is 4.90 Å². The topological polar surface area (TPSA) is 113 Å². The number of benzene rings is 3. The minimum absolute atomic E-state index is 0.0213. The van der Waals surface area contributed by atoms with Crippen molar-refractivity contribution in [3.8, 4) is 6.07 Å². The highest BCUT2D eigenvalue weighted by atomic mass is 35.5. The lowest BCUT2D eigenvalue weighted by Crippen LogP contribution is -2.39. The highest BCUT2D eigenvalue weighted by molar-refractivity contribution is 7.98. The molecule has 1 aliphatic carbocycles. The van der Waals surface area contributed by atoms with Crippen LogP contribution in [0.3, 0.4) is 0 Å². The van der Waals surface area contributed by atoms with E-state index >= 15 is 0 Å². The van der Waals surface area contributed by atoms with Crippen LogP contribution in [0.1, 0.15) is 47.4 Å². The number of nitro groups is 1. The molecule has 1 unspecified atom stereocenters. The van der Waals surface area contributed by atoms with Crippen molar-refractivity contribution in [3.05, 3.63) is 120 Å². The minimum atomic E-state index is -0.671. The Bertz CT molecular complexity index is 1690. The lowest BCUT2D eigenvalue weighted by Gasteiger charge is -2.40. The molecule has 0 radical (unpaired) electrons. The SMILES string of the molecule is Cc1cc(CSc2ccc(F)cc2)c(C)c(C2C(C#N)=C(N)N(c3ccc(Cl)c([N+](=O)[O-])c3)C3=C2C(=O)CCC3)c1. The van der Waals surface area contributed by atoms with E-state index in [1.807, 2.05) is 19.9 Å². The molecule has 41 heavy (non-hydrogen) atoms. The van der Waals surface area contributed by atoms with Gasteiger partial charge in [0.15, 0.2) is 5.78 Å². The normalized spacial score (nSPS) is 17.0. The summed E-state index contributed by atoms with van der Waals surface area (Å²) < 4.78 is 13.4. The number of rotatable bonds is 6. The van der Waals surface area contributed by atoms with E-state index in [0.717, 1.165) is 27.1 Å². The maximum Gasteiger partial charge on any atom is 0.289 e. The fourth-order valence-corrected chi connectivity index (χ4v) is 6.71. The molecule has 0 saturated carbocycles. The third-order valence-corrected chi connectivity index (χ3v) is 8.90. The molecule has 0 saturated heterocycles. The van der Waals surface area contributed by atoms with Gasteiger partial charge in [0.1, 0.15) is 16.7 Å². The Kier molecular flexibility index (Phi) is 7.89. The highest BCUT2D eigenvalue weighted by Gasteiger charge is 2.41. The lowest BCUT2D eigenvalue weighted by molar-refractivity contribution is -0.384. The zero-order valence-electron chi connectivity index (χ0n) is 22.4. The molecule has 10 heteroatoms. The van der Waals surface area contributed by atoms with Crippen molar-refractivity contribution in [2.24, 2.45) is 5.73 Å². The van der Waals surface area contributed by atoms with Crippen LogP contribution in [-0.4, -0.2) is 10.7 Å². The molecule has 0 bridgehead atoms. The number of hydrogen-bond acceptors (Lipinski definition) is 7. The Morgan fingerprint density at radius 1 is 1.17 bits per heavy atom. The Morgan fingerprint density at radius 2 is 1.90 bits per heavy atom. The van der Waals surface area contributed by atoms with Crippen LogP contribution in [0.15, 0.2) is 82.2 Å². The Morgan fingerprint density at radius 3 is 2.59 bits per heavy atom.